The Hall–Kier alpha value is -0.970. The predicted molar refractivity (Wildman–Crippen MR) is 58.4 cm³/mol. The van der Waals surface area contributed by atoms with Crippen molar-refractivity contribution in [3.05, 3.63) is 35.1 Å². The van der Waals surface area contributed by atoms with Crippen molar-refractivity contribution in [3.63, 3.8) is 0 Å². The zero-order chi connectivity index (χ0) is 11.8. The molecule has 1 aromatic carbocycles. The van der Waals surface area contributed by atoms with Gasteiger partial charge in [-0.2, -0.15) is 0 Å². The van der Waals surface area contributed by atoms with E-state index in [0.29, 0.717) is 18.7 Å². The third-order valence-corrected chi connectivity index (χ3v) is 2.88. The summed E-state index contributed by atoms with van der Waals surface area (Å²) < 4.78 is 24.5. The van der Waals surface area contributed by atoms with Crippen molar-refractivity contribution in [2.75, 3.05) is 13.2 Å². The standard InChI is InChI=1S/C12H16FNO2/c1-8-5-9(3-4-11(8)13)12(2)15-7-10(6-14)16-12/h3-5,10H,6-7,14H2,1-2H3. The molecule has 3 nitrogen and oxygen atoms in total. The van der Waals surface area contributed by atoms with Crippen LogP contribution in [0, 0.1) is 12.7 Å². The minimum atomic E-state index is -0.803. The topological polar surface area (TPSA) is 44.5 Å². The van der Waals surface area contributed by atoms with Gasteiger partial charge in [-0.05, 0) is 31.5 Å². The molecule has 0 radical (unpaired) electrons. The Balaban J connectivity index is 2.27. The first-order chi connectivity index (χ1) is 7.55. The number of benzene rings is 1. The van der Waals surface area contributed by atoms with Crippen LogP contribution in [-0.2, 0) is 15.3 Å². The van der Waals surface area contributed by atoms with Gasteiger partial charge in [0.05, 0.1) is 12.7 Å². The number of hydrogen-bond acceptors (Lipinski definition) is 3. The largest absolute Gasteiger partial charge is 0.343 e. The second-order valence-electron chi connectivity index (χ2n) is 4.20. The van der Waals surface area contributed by atoms with Crippen molar-refractivity contribution < 1.29 is 13.9 Å². The second kappa shape index (κ2) is 4.13. The molecule has 0 spiro atoms. The van der Waals surface area contributed by atoms with E-state index in [-0.39, 0.29) is 11.9 Å². The van der Waals surface area contributed by atoms with Crippen molar-refractivity contribution in [1.29, 1.82) is 0 Å². The third-order valence-electron chi connectivity index (χ3n) is 2.88. The van der Waals surface area contributed by atoms with Gasteiger partial charge in [0.25, 0.3) is 0 Å². The van der Waals surface area contributed by atoms with Gasteiger partial charge in [-0.3, -0.25) is 0 Å². The van der Waals surface area contributed by atoms with E-state index in [0.717, 1.165) is 5.56 Å². The lowest BCUT2D eigenvalue weighted by Gasteiger charge is -2.24. The minimum Gasteiger partial charge on any atom is -0.343 e. The third kappa shape index (κ3) is 1.96. The average Bonchev–Trinajstić information content (AvgIpc) is 2.66. The normalized spacial score (nSPS) is 29.6. The van der Waals surface area contributed by atoms with E-state index in [4.69, 9.17) is 15.2 Å². The quantitative estimate of drug-likeness (QED) is 0.832. The van der Waals surface area contributed by atoms with E-state index in [1.54, 1.807) is 19.1 Å². The minimum absolute atomic E-state index is 0.0876. The van der Waals surface area contributed by atoms with E-state index < -0.39 is 5.79 Å². The number of halogens is 1. The van der Waals surface area contributed by atoms with Crippen molar-refractivity contribution in [1.82, 2.24) is 0 Å². The maximum absolute atomic E-state index is 13.2. The van der Waals surface area contributed by atoms with E-state index in [1.165, 1.54) is 6.07 Å². The first-order valence-electron chi connectivity index (χ1n) is 5.33. The molecule has 2 N–H and O–H groups in total. The lowest BCUT2D eigenvalue weighted by molar-refractivity contribution is -0.160. The van der Waals surface area contributed by atoms with Crippen LogP contribution in [0.15, 0.2) is 18.2 Å². The van der Waals surface area contributed by atoms with Crippen molar-refractivity contribution >= 4 is 0 Å². The van der Waals surface area contributed by atoms with Gasteiger partial charge in [0.1, 0.15) is 5.82 Å². The molecule has 1 aliphatic heterocycles. The molecule has 1 aliphatic rings. The summed E-state index contributed by atoms with van der Waals surface area (Å²) in [4.78, 5) is 0. The van der Waals surface area contributed by atoms with Gasteiger partial charge >= 0.3 is 0 Å². The highest BCUT2D eigenvalue weighted by Gasteiger charge is 2.38. The van der Waals surface area contributed by atoms with E-state index in [2.05, 4.69) is 0 Å². The van der Waals surface area contributed by atoms with E-state index in [1.807, 2.05) is 6.92 Å². The molecule has 1 heterocycles. The molecule has 2 atom stereocenters. The lowest BCUT2D eigenvalue weighted by Crippen LogP contribution is -2.27. The van der Waals surface area contributed by atoms with Gasteiger partial charge in [0, 0.05) is 12.1 Å². The van der Waals surface area contributed by atoms with Crippen LogP contribution in [0.5, 0.6) is 0 Å². The van der Waals surface area contributed by atoms with Crippen LogP contribution in [0.4, 0.5) is 4.39 Å². The summed E-state index contributed by atoms with van der Waals surface area (Å²) in [6.45, 7) is 4.45. The Morgan fingerprint density at radius 3 is 2.88 bits per heavy atom. The summed E-state index contributed by atoms with van der Waals surface area (Å²) in [7, 11) is 0. The van der Waals surface area contributed by atoms with Crippen molar-refractivity contribution in [2.45, 2.75) is 25.7 Å². The highest BCUT2D eigenvalue weighted by Crippen LogP contribution is 2.34. The van der Waals surface area contributed by atoms with Crippen LogP contribution < -0.4 is 5.73 Å². The highest BCUT2D eigenvalue weighted by molar-refractivity contribution is 5.27. The molecule has 1 aromatic rings. The van der Waals surface area contributed by atoms with Crippen LogP contribution in [-0.4, -0.2) is 19.3 Å². The number of nitrogens with two attached hydrogens (primary N) is 1. The Morgan fingerprint density at radius 1 is 1.56 bits per heavy atom. The zero-order valence-corrected chi connectivity index (χ0v) is 9.50. The molecule has 16 heavy (non-hydrogen) atoms. The lowest BCUT2D eigenvalue weighted by atomic mass is 10.0. The summed E-state index contributed by atoms with van der Waals surface area (Å²) in [6.07, 6.45) is -0.0876. The fourth-order valence-electron chi connectivity index (χ4n) is 1.83. The smallest absolute Gasteiger partial charge is 0.192 e. The summed E-state index contributed by atoms with van der Waals surface area (Å²) in [5.74, 6) is -1.02. The van der Waals surface area contributed by atoms with Crippen LogP contribution in [0.3, 0.4) is 0 Å². The monoisotopic (exact) mass is 225 g/mol. The van der Waals surface area contributed by atoms with Gasteiger partial charge in [-0.25, -0.2) is 4.39 Å². The van der Waals surface area contributed by atoms with Crippen LogP contribution in [0.2, 0.25) is 0 Å². The molecule has 2 unspecified atom stereocenters. The molecule has 1 saturated heterocycles. The molecule has 88 valence electrons. The highest BCUT2D eigenvalue weighted by atomic mass is 19.1. The second-order valence-corrected chi connectivity index (χ2v) is 4.20. The predicted octanol–water partition coefficient (Wildman–Crippen LogP) is 1.68. The fraction of sp³-hybridized carbons (Fsp3) is 0.500. The average molecular weight is 225 g/mol. The molecule has 0 amide bonds. The fourth-order valence-corrected chi connectivity index (χ4v) is 1.83. The van der Waals surface area contributed by atoms with Crippen LogP contribution in [0.1, 0.15) is 18.1 Å². The Bertz CT molecular complexity index is 397. The van der Waals surface area contributed by atoms with E-state index in [9.17, 15) is 4.39 Å². The summed E-state index contributed by atoms with van der Waals surface area (Å²) in [5, 5.41) is 0. The first kappa shape index (κ1) is 11.5. The van der Waals surface area contributed by atoms with Gasteiger partial charge < -0.3 is 15.2 Å². The van der Waals surface area contributed by atoms with Crippen molar-refractivity contribution in [2.24, 2.45) is 5.73 Å². The molecule has 0 aliphatic carbocycles. The molecule has 0 saturated carbocycles. The Labute approximate surface area is 94.3 Å². The van der Waals surface area contributed by atoms with Crippen LogP contribution >= 0.6 is 0 Å². The molecule has 4 heteroatoms. The Kier molecular flexibility index (Phi) is 2.97. The van der Waals surface area contributed by atoms with Crippen molar-refractivity contribution in [3.8, 4) is 0 Å². The summed E-state index contributed by atoms with van der Waals surface area (Å²) in [6, 6.07) is 4.86. The molecule has 1 fully saturated rings. The van der Waals surface area contributed by atoms with E-state index >= 15 is 0 Å². The SMILES string of the molecule is Cc1cc(C2(C)OCC(CN)O2)ccc1F. The number of rotatable bonds is 2. The van der Waals surface area contributed by atoms with Gasteiger partial charge in [0.15, 0.2) is 5.79 Å². The molecular weight excluding hydrogens is 209 g/mol. The maximum Gasteiger partial charge on any atom is 0.192 e. The van der Waals surface area contributed by atoms with Gasteiger partial charge in [0.2, 0.25) is 0 Å². The Morgan fingerprint density at radius 2 is 2.31 bits per heavy atom. The number of ether oxygens (including phenoxy) is 2. The molecule has 2 rings (SSSR count). The zero-order valence-electron chi connectivity index (χ0n) is 9.50. The maximum atomic E-state index is 13.2. The van der Waals surface area contributed by atoms with Crippen LogP contribution in [0.25, 0.3) is 0 Å². The number of aryl methyl sites for hydroxylation is 1. The van der Waals surface area contributed by atoms with Gasteiger partial charge in [-0.1, -0.05) is 6.07 Å². The number of hydrogen-bond donors (Lipinski definition) is 1. The molecule has 0 aromatic heterocycles. The van der Waals surface area contributed by atoms with Gasteiger partial charge in [-0.15, -0.1) is 0 Å². The first-order valence-corrected chi connectivity index (χ1v) is 5.33. The molecular formula is C12H16FNO2. The summed E-state index contributed by atoms with van der Waals surface area (Å²) in [5.41, 5.74) is 6.93. The summed E-state index contributed by atoms with van der Waals surface area (Å²) >= 11 is 0. The molecule has 0 bridgehead atoms.